The van der Waals surface area contributed by atoms with E-state index in [0.29, 0.717) is 10.7 Å². The van der Waals surface area contributed by atoms with Crippen LogP contribution in [0.1, 0.15) is 19.8 Å². The number of hydrogen-bond donors (Lipinski definition) is 1. The molecule has 15 heavy (non-hydrogen) atoms. The number of hydrogen-bond acceptors (Lipinski definition) is 3. The van der Waals surface area contributed by atoms with Gasteiger partial charge in [-0.05, 0) is 31.7 Å². The van der Waals surface area contributed by atoms with Gasteiger partial charge in [0.15, 0.2) is 0 Å². The van der Waals surface area contributed by atoms with E-state index in [9.17, 15) is 0 Å². The molecule has 0 aliphatic heterocycles. The summed E-state index contributed by atoms with van der Waals surface area (Å²) in [5.74, 6) is 1.70. The second-order valence-electron chi connectivity index (χ2n) is 4.06. The zero-order valence-corrected chi connectivity index (χ0v) is 9.67. The van der Waals surface area contributed by atoms with E-state index in [1.807, 2.05) is 0 Å². The summed E-state index contributed by atoms with van der Waals surface area (Å²) >= 11 is 6.12. The van der Waals surface area contributed by atoms with E-state index in [2.05, 4.69) is 16.8 Å². The Kier molecular flexibility index (Phi) is 3.00. The molecule has 2 rings (SSSR count). The summed E-state index contributed by atoms with van der Waals surface area (Å²) in [5, 5.41) is 0.650. The normalized spacial score (nSPS) is 15.3. The predicted molar refractivity (Wildman–Crippen MR) is 64.3 cm³/mol. The Morgan fingerprint density at radius 3 is 2.87 bits per heavy atom. The van der Waals surface area contributed by atoms with Crippen molar-refractivity contribution >= 4 is 23.1 Å². The first-order valence-electron chi connectivity index (χ1n) is 5.36. The van der Waals surface area contributed by atoms with Crippen LogP contribution in [0.4, 0.5) is 11.5 Å². The zero-order valence-electron chi connectivity index (χ0n) is 8.91. The number of nitrogen functional groups attached to an aromatic ring is 1. The highest BCUT2D eigenvalue weighted by Crippen LogP contribution is 2.33. The van der Waals surface area contributed by atoms with Crippen molar-refractivity contribution in [1.29, 1.82) is 0 Å². The summed E-state index contributed by atoms with van der Waals surface area (Å²) in [5.41, 5.74) is 6.23. The Balaban J connectivity index is 2.16. The molecule has 0 amide bonds. The first-order valence-corrected chi connectivity index (χ1v) is 5.74. The molecule has 1 aliphatic carbocycles. The lowest BCUT2D eigenvalue weighted by Crippen LogP contribution is -2.26. The molecule has 0 bridgehead atoms. The standard InChI is InChI=1S/C11H16ClN3/c1-2-15(7-8-3-4-8)11-10(12)5-9(13)6-14-11/h5-6,8H,2-4,7,13H2,1H3. The molecule has 0 unspecified atom stereocenters. The lowest BCUT2D eigenvalue weighted by molar-refractivity contribution is 0.732. The molecule has 0 saturated heterocycles. The predicted octanol–water partition coefficient (Wildman–Crippen LogP) is 2.55. The SMILES string of the molecule is CCN(CC1CC1)c1ncc(N)cc1Cl. The number of nitrogens with zero attached hydrogens (tertiary/aromatic N) is 2. The minimum Gasteiger partial charge on any atom is -0.397 e. The van der Waals surface area contributed by atoms with Crippen molar-refractivity contribution in [3.05, 3.63) is 17.3 Å². The van der Waals surface area contributed by atoms with E-state index < -0.39 is 0 Å². The summed E-state index contributed by atoms with van der Waals surface area (Å²) in [7, 11) is 0. The van der Waals surface area contributed by atoms with Crippen molar-refractivity contribution < 1.29 is 0 Å². The maximum Gasteiger partial charge on any atom is 0.147 e. The van der Waals surface area contributed by atoms with E-state index in [1.165, 1.54) is 12.8 Å². The summed E-state index contributed by atoms with van der Waals surface area (Å²) in [6.07, 6.45) is 4.34. The number of pyridine rings is 1. The molecule has 1 aliphatic rings. The molecule has 2 N–H and O–H groups in total. The van der Waals surface area contributed by atoms with Crippen LogP contribution >= 0.6 is 11.6 Å². The minimum absolute atomic E-state index is 0.617. The summed E-state index contributed by atoms with van der Waals surface area (Å²) in [4.78, 5) is 6.52. The maximum absolute atomic E-state index is 6.12. The number of rotatable bonds is 4. The van der Waals surface area contributed by atoms with Crippen molar-refractivity contribution in [3.8, 4) is 0 Å². The van der Waals surface area contributed by atoms with Crippen LogP contribution in [0, 0.1) is 5.92 Å². The van der Waals surface area contributed by atoms with Crippen molar-refractivity contribution in [2.45, 2.75) is 19.8 Å². The van der Waals surface area contributed by atoms with Gasteiger partial charge in [-0.15, -0.1) is 0 Å². The van der Waals surface area contributed by atoms with E-state index >= 15 is 0 Å². The van der Waals surface area contributed by atoms with Gasteiger partial charge in [0.25, 0.3) is 0 Å². The number of aromatic nitrogens is 1. The van der Waals surface area contributed by atoms with Crippen LogP contribution < -0.4 is 10.6 Å². The molecule has 1 fully saturated rings. The van der Waals surface area contributed by atoms with E-state index in [4.69, 9.17) is 17.3 Å². The Hall–Kier alpha value is -0.960. The fourth-order valence-corrected chi connectivity index (χ4v) is 1.95. The van der Waals surface area contributed by atoms with Gasteiger partial charge in [0, 0.05) is 13.1 Å². The van der Waals surface area contributed by atoms with Gasteiger partial charge >= 0.3 is 0 Å². The summed E-state index contributed by atoms with van der Waals surface area (Å²) in [6.45, 7) is 4.12. The van der Waals surface area contributed by atoms with Gasteiger partial charge in [-0.3, -0.25) is 0 Å². The number of nitrogens with two attached hydrogens (primary N) is 1. The molecule has 1 aromatic rings. The number of halogens is 1. The quantitative estimate of drug-likeness (QED) is 0.857. The summed E-state index contributed by atoms with van der Waals surface area (Å²) in [6, 6.07) is 1.76. The Labute approximate surface area is 95.2 Å². The van der Waals surface area contributed by atoms with Gasteiger partial charge in [0.1, 0.15) is 5.82 Å². The summed E-state index contributed by atoms with van der Waals surface area (Å²) < 4.78 is 0. The van der Waals surface area contributed by atoms with Crippen LogP contribution in [-0.2, 0) is 0 Å². The first kappa shape index (κ1) is 10.6. The average Bonchev–Trinajstić information content (AvgIpc) is 2.99. The van der Waals surface area contributed by atoms with Crippen LogP contribution in [0.15, 0.2) is 12.3 Å². The molecule has 0 radical (unpaired) electrons. The van der Waals surface area contributed by atoms with Crippen LogP contribution in [0.5, 0.6) is 0 Å². The van der Waals surface area contributed by atoms with Crippen molar-refractivity contribution in [2.24, 2.45) is 5.92 Å². The number of anilines is 2. The fourth-order valence-electron chi connectivity index (χ4n) is 1.66. The van der Waals surface area contributed by atoms with E-state index in [-0.39, 0.29) is 0 Å². The van der Waals surface area contributed by atoms with Crippen molar-refractivity contribution in [1.82, 2.24) is 4.98 Å². The fraction of sp³-hybridized carbons (Fsp3) is 0.545. The highest BCUT2D eigenvalue weighted by atomic mass is 35.5. The van der Waals surface area contributed by atoms with Crippen LogP contribution in [0.3, 0.4) is 0 Å². The molecule has 82 valence electrons. The molecule has 0 aromatic carbocycles. The molecule has 0 spiro atoms. The molecule has 1 heterocycles. The largest absolute Gasteiger partial charge is 0.397 e. The zero-order chi connectivity index (χ0) is 10.8. The van der Waals surface area contributed by atoms with Crippen LogP contribution in [-0.4, -0.2) is 18.1 Å². The van der Waals surface area contributed by atoms with E-state index in [0.717, 1.165) is 24.8 Å². The third kappa shape index (κ3) is 2.53. The second-order valence-corrected chi connectivity index (χ2v) is 4.46. The Bertz CT molecular complexity index is 350. The van der Waals surface area contributed by atoms with Gasteiger partial charge in [-0.1, -0.05) is 11.6 Å². The molecule has 1 aromatic heterocycles. The van der Waals surface area contributed by atoms with Gasteiger partial charge in [-0.2, -0.15) is 0 Å². The Morgan fingerprint density at radius 2 is 2.33 bits per heavy atom. The molecular formula is C11H16ClN3. The van der Waals surface area contributed by atoms with Crippen LogP contribution in [0.2, 0.25) is 5.02 Å². The topological polar surface area (TPSA) is 42.2 Å². The molecular weight excluding hydrogens is 210 g/mol. The highest BCUT2D eigenvalue weighted by molar-refractivity contribution is 6.33. The van der Waals surface area contributed by atoms with Crippen molar-refractivity contribution in [2.75, 3.05) is 23.7 Å². The smallest absolute Gasteiger partial charge is 0.147 e. The second kappa shape index (κ2) is 4.27. The monoisotopic (exact) mass is 225 g/mol. The molecule has 3 nitrogen and oxygen atoms in total. The third-order valence-electron chi connectivity index (χ3n) is 2.70. The lowest BCUT2D eigenvalue weighted by Gasteiger charge is -2.22. The minimum atomic E-state index is 0.617. The molecule has 4 heteroatoms. The lowest BCUT2D eigenvalue weighted by atomic mass is 10.3. The van der Waals surface area contributed by atoms with Gasteiger partial charge < -0.3 is 10.6 Å². The third-order valence-corrected chi connectivity index (χ3v) is 2.98. The average molecular weight is 226 g/mol. The van der Waals surface area contributed by atoms with E-state index in [1.54, 1.807) is 12.3 Å². The molecule has 1 saturated carbocycles. The molecule has 0 atom stereocenters. The van der Waals surface area contributed by atoms with Crippen LogP contribution in [0.25, 0.3) is 0 Å². The Morgan fingerprint density at radius 1 is 1.60 bits per heavy atom. The van der Waals surface area contributed by atoms with Crippen molar-refractivity contribution in [3.63, 3.8) is 0 Å². The maximum atomic E-state index is 6.12. The first-order chi connectivity index (χ1) is 7.20. The van der Waals surface area contributed by atoms with Gasteiger partial charge in [0.05, 0.1) is 16.9 Å². The van der Waals surface area contributed by atoms with Gasteiger partial charge in [-0.25, -0.2) is 4.98 Å². The van der Waals surface area contributed by atoms with Gasteiger partial charge in [0.2, 0.25) is 0 Å². The highest BCUT2D eigenvalue weighted by Gasteiger charge is 2.25.